The molecule has 0 atom stereocenters. The highest BCUT2D eigenvalue weighted by molar-refractivity contribution is 7.99. The van der Waals surface area contributed by atoms with Crippen LogP contribution >= 0.6 is 11.8 Å². The van der Waals surface area contributed by atoms with Gasteiger partial charge in [0, 0.05) is 10.8 Å². The monoisotopic (exact) mass is 348 g/mol. The van der Waals surface area contributed by atoms with Gasteiger partial charge in [-0.1, -0.05) is 19.3 Å². The van der Waals surface area contributed by atoms with E-state index >= 15 is 0 Å². The van der Waals surface area contributed by atoms with Crippen molar-refractivity contribution in [2.24, 2.45) is 16.6 Å². The minimum atomic E-state index is -4.27. The average molecular weight is 348 g/mol. The number of nitrogens with two attached hydrogens (primary N) is 1. The Morgan fingerprint density at radius 3 is 2.52 bits per heavy atom. The van der Waals surface area contributed by atoms with Gasteiger partial charge in [-0.25, -0.2) is 9.38 Å². The Kier molecular flexibility index (Phi) is 5.95. The summed E-state index contributed by atoms with van der Waals surface area (Å²) in [6.07, 6.45) is 0.905. The zero-order valence-corrected chi connectivity index (χ0v) is 13.7. The van der Waals surface area contributed by atoms with Crippen LogP contribution in [0.15, 0.2) is 22.0 Å². The second-order valence-corrected chi connectivity index (χ2v) is 6.86. The SMILES string of the molecule is Cc1cc(F)c(/N=C(\N)C2CCCCC2)cc1SCC(F)(F)F. The van der Waals surface area contributed by atoms with Gasteiger partial charge < -0.3 is 5.73 Å². The molecule has 1 aliphatic carbocycles. The van der Waals surface area contributed by atoms with E-state index in [2.05, 4.69) is 4.99 Å². The maximum absolute atomic E-state index is 14.0. The van der Waals surface area contributed by atoms with Crippen LogP contribution < -0.4 is 5.73 Å². The summed E-state index contributed by atoms with van der Waals surface area (Å²) in [5.74, 6) is -1.06. The molecule has 2 rings (SSSR count). The molecule has 1 fully saturated rings. The number of hydrogen-bond acceptors (Lipinski definition) is 2. The number of amidine groups is 1. The lowest BCUT2D eigenvalue weighted by Gasteiger charge is -2.21. The van der Waals surface area contributed by atoms with Crippen molar-refractivity contribution in [3.8, 4) is 0 Å². The molecule has 1 aromatic rings. The lowest BCUT2D eigenvalue weighted by Crippen LogP contribution is -2.25. The predicted molar refractivity (Wildman–Crippen MR) is 85.8 cm³/mol. The second-order valence-electron chi connectivity index (χ2n) is 5.84. The normalized spacial score (nSPS) is 17.5. The van der Waals surface area contributed by atoms with Crippen LogP contribution in [0.4, 0.5) is 23.2 Å². The minimum absolute atomic E-state index is 0.0170. The van der Waals surface area contributed by atoms with Gasteiger partial charge in [0.1, 0.15) is 17.3 Å². The molecule has 0 amide bonds. The van der Waals surface area contributed by atoms with E-state index < -0.39 is 17.7 Å². The summed E-state index contributed by atoms with van der Waals surface area (Å²) in [7, 11) is 0. The van der Waals surface area contributed by atoms with Crippen molar-refractivity contribution in [3.63, 3.8) is 0 Å². The van der Waals surface area contributed by atoms with Gasteiger partial charge in [-0.2, -0.15) is 13.2 Å². The van der Waals surface area contributed by atoms with E-state index in [1.54, 1.807) is 6.92 Å². The van der Waals surface area contributed by atoms with Crippen molar-refractivity contribution in [2.75, 3.05) is 5.75 Å². The molecule has 1 aromatic carbocycles. The number of aryl methyl sites for hydroxylation is 1. The van der Waals surface area contributed by atoms with Crippen LogP contribution in [0.2, 0.25) is 0 Å². The standard InChI is InChI=1S/C16H20F4N2S/c1-10-7-12(17)13(8-14(10)23-9-16(18,19)20)22-15(21)11-5-3-2-4-6-11/h7-8,11H,2-6,9H2,1H3,(H2,21,22). The Hall–Kier alpha value is -1.24. The quantitative estimate of drug-likeness (QED) is 0.344. The molecule has 7 heteroatoms. The van der Waals surface area contributed by atoms with E-state index in [-0.39, 0.29) is 11.6 Å². The fraction of sp³-hybridized carbons (Fsp3) is 0.562. The first-order chi connectivity index (χ1) is 10.8. The van der Waals surface area contributed by atoms with Crippen molar-refractivity contribution >= 4 is 23.3 Å². The Bertz CT molecular complexity index is 578. The molecule has 128 valence electrons. The molecule has 0 saturated heterocycles. The lowest BCUT2D eigenvalue weighted by atomic mass is 9.88. The summed E-state index contributed by atoms with van der Waals surface area (Å²) in [5.41, 5.74) is 6.46. The summed E-state index contributed by atoms with van der Waals surface area (Å²) in [6, 6.07) is 2.57. The van der Waals surface area contributed by atoms with Gasteiger partial charge in [0.2, 0.25) is 0 Å². The van der Waals surface area contributed by atoms with E-state index in [1.165, 1.54) is 18.6 Å². The van der Waals surface area contributed by atoms with Gasteiger partial charge in [0.25, 0.3) is 0 Å². The first-order valence-corrected chi connectivity index (χ1v) is 8.58. The zero-order valence-electron chi connectivity index (χ0n) is 12.9. The highest BCUT2D eigenvalue weighted by Crippen LogP contribution is 2.34. The number of aliphatic imine (C=N–C) groups is 1. The maximum Gasteiger partial charge on any atom is 0.398 e. The summed E-state index contributed by atoms with van der Waals surface area (Å²) in [6.45, 7) is 1.58. The van der Waals surface area contributed by atoms with Crippen LogP contribution in [0, 0.1) is 18.7 Å². The van der Waals surface area contributed by atoms with E-state index in [0.29, 0.717) is 28.1 Å². The van der Waals surface area contributed by atoms with E-state index in [0.717, 1.165) is 25.7 Å². The average Bonchev–Trinajstić information content (AvgIpc) is 2.48. The molecule has 1 saturated carbocycles. The van der Waals surface area contributed by atoms with Crippen LogP contribution in [0.1, 0.15) is 37.7 Å². The Morgan fingerprint density at radius 1 is 1.26 bits per heavy atom. The van der Waals surface area contributed by atoms with Crippen molar-refractivity contribution in [1.29, 1.82) is 0 Å². The molecule has 0 bridgehead atoms. The maximum atomic E-state index is 14.0. The van der Waals surface area contributed by atoms with Gasteiger partial charge in [-0.3, -0.25) is 0 Å². The second kappa shape index (κ2) is 7.55. The topological polar surface area (TPSA) is 38.4 Å². The molecule has 1 aliphatic rings. The third kappa shape index (κ3) is 5.41. The van der Waals surface area contributed by atoms with Crippen molar-refractivity contribution < 1.29 is 17.6 Å². The smallest absolute Gasteiger partial charge is 0.387 e. The number of thioether (sulfide) groups is 1. The molecular formula is C16H20F4N2S. The number of nitrogens with zero attached hydrogens (tertiary/aromatic N) is 1. The fourth-order valence-corrected chi connectivity index (χ4v) is 3.47. The van der Waals surface area contributed by atoms with Crippen LogP contribution in [0.3, 0.4) is 0 Å². The zero-order chi connectivity index (χ0) is 17.0. The Balaban J connectivity index is 2.20. The van der Waals surface area contributed by atoms with Crippen molar-refractivity contribution in [2.45, 2.75) is 50.1 Å². The highest BCUT2D eigenvalue weighted by atomic mass is 32.2. The van der Waals surface area contributed by atoms with Crippen LogP contribution in [0.5, 0.6) is 0 Å². The third-order valence-electron chi connectivity index (χ3n) is 3.91. The number of hydrogen-bond donors (Lipinski definition) is 1. The summed E-state index contributed by atoms with van der Waals surface area (Å²) in [4.78, 5) is 4.53. The van der Waals surface area contributed by atoms with E-state index in [4.69, 9.17) is 5.73 Å². The predicted octanol–water partition coefficient (Wildman–Crippen LogP) is 5.36. The number of benzene rings is 1. The molecule has 2 nitrogen and oxygen atoms in total. The molecule has 0 heterocycles. The van der Waals surface area contributed by atoms with Crippen LogP contribution in [0.25, 0.3) is 0 Å². The van der Waals surface area contributed by atoms with Gasteiger partial charge >= 0.3 is 6.18 Å². The van der Waals surface area contributed by atoms with Crippen LogP contribution in [-0.4, -0.2) is 17.8 Å². The minimum Gasteiger partial charge on any atom is -0.387 e. The lowest BCUT2D eigenvalue weighted by molar-refractivity contribution is -0.105. The number of halogens is 4. The van der Waals surface area contributed by atoms with Gasteiger partial charge in [-0.15, -0.1) is 11.8 Å². The molecular weight excluding hydrogens is 328 g/mol. The Morgan fingerprint density at radius 2 is 1.91 bits per heavy atom. The van der Waals surface area contributed by atoms with Crippen molar-refractivity contribution in [1.82, 2.24) is 0 Å². The molecule has 0 unspecified atom stereocenters. The van der Waals surface area contributed by atoms with E-state index in [9.17, 15) is 17.6 Å². The largest absolute Gasteiger partial charge is 0.398 e. The van der Waals surface area contributed by atoms with Crippen LogP contribution in [-0.2, 0) is 0 Å². The summed E-state index contributed by atoms with van der Waals surface area (Å²) in [5, 5.41) is 0. The van der Waals surface area contributed by atoms with Crippen molar-refractivity contribution in [3.05, 3.63) is 23.5 Å². The highest BCUT2D eigenvalue weighted by Gasteiger charge is 2.27. The third-order valence-corrected chi connectivity index (χ3v) is 5.13. The number of rotatable bonds is 4. The molecule has 0 spiro atoms. The fourth-order valence-electron chi connectivity index (χ4n) is 2.67. The van der Waals surface area contributed by atoms with Gasteiger partial charge in [0.05, 0.1) is 5.75 Å². The summed E-state index contributed by atoms with van der Waals surface area (Å²) < 4.78 is 51.1. The first-order valence-electron chi connectivity index (χ1n) is 7.60. The first kappa shape index (κ1) is 18.1. The summed E-state index contributed by atoms with van der Waals surface area (Å²) >= 11 is 0.638. The van der Waals surface area contributed by atoms with Gasteiger partial charge in [0.15, 0.2) is 0 Å². The molecule has 0 aromatic heterocycles. The van der Waals surface area contributed by atoms with Gasteiger partial charge in [-0.05, 0) is 37.5 Å². The number of alkyl halides is 3. The molecule has 0 aliphatic heterocycles. The van der Waals surface area contributed by atoms with E-state index in [1.807, 2.05) is 0 Å². The molecule has 0 radical (unpaired) electrons. The molecule has 23 heavy (non-hydrogen) atoms. The Labute approximate surface area is 137 Å². The molecule has 2 N–H and O–H groups in total.